The van der Waals surface area contributed by atoms with Crippen molar-refractivity contribution < 1.29 is 23.0 Å². The second-order valence-electron chi connectivity index (χ2n) is 3.39. The Morgan fingerprint density at radius 1 is 1.41 bits per heavy atom. The van der Waals surface area contributed by atoms with Gasteiger partial charge in [-0.25, -0.2) is 17.9 Å². The molecule has 0 bridgehead atoms. The number of sulfonamides is 1. The maximum atomic E-state index is 13.5. The molecule has 0 radical (unpaired) electrons. The highest BCUT2D eigenvalue weighted by molar-refractivity contribution is 7.89. The van der Waals surface area contributed by atoms with Gasteiger partial charge in [-0.15, -0.1) is 11.6 Å². The minimum absolute atomic E-state index is 0.245. The number of benzene rings is 1. The van der Waals surface area contributed by atoms with Crippen molar-refractivity contribution in [1.82, 2.24) is 0 Å². The lowest BCUT2D eigenvalue weighted by Gasteiger charge is -2.16. The molecule has 0 fully saturated rings. The summed E-state index contributed by atoms with van der Waals surface area (Å²) in [4.78, 5) is -0.411. The maximum absolute atomic E-state index is 13.5. The molecular weight excluding hydrogens is 273 g/mol. The molecule has 0 aliphatic heterocycles. The van der Waals surface area contributed by atoms with Gasteiger partial charge in [0.1, 0.15) is 11.9 Å². The van der Waals surface area contributed by atoms with Crippen molar-refractivity contribution in [1.29, 1.82) is 0 Å². The topological polar surface area (TPSA) is 101 Å². The van der Waals surface area contributed by atoms with E-state index in [2.05, 4.69) is 0 Å². The summed E-state index contributed by atoms with van der Waals surface area (Å²) in [5.41, 5.74) is -0.245. The molecule has 0 saturated heterocycles. The van der Waals surface area contributed by atoms with Crippen LogP contribution in [-0.2, 0) is 10.0 Å². The van der Waals surface area contributed by atoms with Crippen LogP contribution in [0.2, 0.25) is 0 Å². The van der Waals surface area contributed by atoms with E-state index in [1.807, 2.05) is 0 Å². The average Bonchev–Trinajstić information content (AvgIpc) is 2.25. The molecule has 2 unspecified atom stereocenters. The van der Waals surface area contributed by atoms with Crippen molar-refractivity contribution in [3.05, 3.63) is 29.6 Å². The Kier molecular flexibility index (Phi) is 4.45. The molecule has 0 aliphatic carbocycles. The van der Waals surface area contributed by atoms with E-state index in [-0.39, 0.29) is 11.4 Å². The molecule has 4 N–H and O–H groups in total. The van der Waals surface area contributed by atoms with Crippen LogP contribution in [0.1, 0.15) is 11.7 Å². The van der Waals surface area contributed by atoms with Crippen molar-refractivity contribution >= 4 is 21.6 Å². The van der Waals surface area contributed by atoms with Crippen LogP contribution in [0.3, 0.4) is 0 Å². The smallest absolute Gasteiger partial charge is 0.238 e. The highest BCUT2D eigenvalue weighted by Gasteiger charge is 2.22. The number of alkyl halides is 1. The summed E-state index contributed by atoms with van der Waals surface area (Å²) in [6.07, 6.45) is -2.87. The lowest BCUT2D eigenvalue weighted by molar-refractivity contribution is 0.0304. The Hall–Kier alpha value is -0.730. The van der Waals surface area contributed by atoms with Gasteiger partial charge >= 0.3 is 0 Å². The first-order valence-electron chi connectivity index (χ1n) is 4.51. The first-order chi connectivity index (χ1) is 7.77. The van der Waals surface area contributed by atoms with Crippen molar-refractivity contribution in [2.45, 2.75) is 17.1 Å². The zero-order chi connectivity index (χ0) is 13.2. The van der Waals surface area contributed by atoms with Crippen molar-refractivity contribution in [3.63, 3.8) is 0 Å². The molecule has 2 atom stereocenters. The Morgan fingerprint density at radius 3 is 2.41 bits per heavy atom. The predicted octanol–water partition coefficient (Wildman–Crippen LogP) is 0.106. The summed E-state index contributed by atoms with van der Waals surface area (Å²) >= 11 is 5.30. The van der Waals surface area contributed by atoms with Crippen LogP contribution in [0.25, 0.3) is 0 Å². The number of halogens is 2. The van der Waals surface area contributed by atoms with Crippen LogP contribution in [0, 0.1) is 5.82 Å². The van der Waals surface area contributed by atoms with Crippen LogP contribution >= 0.6 is 11.6 Å². The van der Waals surface area contributed by atoms with E-state index in [0.29, 0.717) is 6.07 Å². The normalized spacial score (nSPS) is 15.6. The molecule has 1 rings (SSSR count). The molecule has 17 heavy (non-hydrogen) atoms. The van der Waals surface area contributed by atoms with Crippen LogP contribution in [0.15, 0.2) is 23.1 Å². The van der Waals surface area contributed by atoms with Gasteiger partial charge in [0.25, 0.3) is 0 Å². The average molecular weight is 284 g/mol. The molecule has 96 valence electrons. The Balaban J connectivity index is 3.15. The molecule has 1 aromatic rings. The number of rotatable bonds is 4. The lowest BCUT2D eigenvalue weighted by Crippen LogP contribution is -2.21. The van der Waals surface area contributed by atoms with Gasteiger partial charge in [0.15, 0.2) is 0 Å². The minimum atomic E-state index is -4.00. The molecule has 0 heterocycles. The third-order valence-electron chi connectivity index (χ3n) is 2.14. The Morgan fingerprint density at radius 2 is 2.00 bits per heavy atom. The Bertz CT molecular complexity index is 508. The van der Waals surface area contributed by atoms with E-state index in [9.17, 15) is 23.0 Å². The lowest BCUT2D eigenvalue weighted by atomic mass is 10.1. The second kappa shape index (κ2) is 5.28. The van der Waals surface area contributed by atoms with Gasteiger partial charge < -0.3 is 10.2 Å². The second-order valence-corrected chi connectivity index (χ2v) is 5.26. The van der Waals surface area contributed by atoms with E-state index in [0.717, 1.165) is 12.1 Å². The number of aliphatic hydroxyl groups is 2. The van der Waals surface area contributed by atoms with Crippen molar-refractivity contribution in [3.8, 4) is 0 Å². The molecule has 1 aromatic carbocycles. The maximum Gasteiger partial charge on any atom is 0.238 e. The zero-order valence-corrected chi connectivity index (χ0v) is 10.1. The summed E-state index contributed by atoms with van der Waals surface area (Å²) in [6, 6.07) is 2.75. The van der Waals surface area contributed by atoms with Gasteiger partial charge in [0, 0.05) is 5.56 Å². The van der Waals surface area contributed by atoms with E-state index in [4.69, 9.17) is 16.7 Å². The quantitative estimate of drug-likeness (QED) is 0.683. The fraction of sp³-hybridized carbons (Fsp3) is 0.333. The molecule has 0 aliphatic rings. The van der Waals surface area contributed by atoms with E-state index in [1.54, 1.807) is 0 Å². The fourth-order valence-corrected chi connectivity index (χ4v) is 1.91. The predicted molar refractivity (Wildman–Crippen MR) is 59.5 cm³/mol. The van der Waals surface area contributed by atoms with E-state index >= 15 is 0 Å². The summed E-state index contributed by atoms with van der Waals surface area (Å²) in [6.45, 7) is 0. The zero-order valence-electron chi connectivity index (χ0n) is 8.55. The van der Waals surface area contributed by atoms with Crippen LogP contribution in [-0.4, -0.2) is 30.6 Å². The standard InChI is InChI=1S/C9H11ClFNO4S/c10-4-8(13)9(14)6-2-1-5(3-7(6)11)17(12,15)16/h1-3,8-9,13-14H,4H2,(H2,12,15,16). The van der Waals surface area contributed by atoms with Gasteiger partial charge in [0.05, 0.1) is 16.9 Å². The largest absolute Gasteiger partial charge is 0.389 e. The van der Waals surface area contributed by atoms with Gasteiger partial charge in [-0.3, -0.25) is 0 Å². The van der Waals surface area contributed by atoms with Gasteiger partial charge in [-0.1, -0.05) is 6.07 Å². The molecule has 0 aromatic heterocycles. The van der Waals surface area contributed by atoms with Crippen LogP contribution in [0.4, 0.5) is 4.39 Å². The van der Waals surface area contributed by atoms with Crippen molar-refractivity contribution in [2.24, 2.45) is 5.14 Å². The molecule has 0 spiro atoms. The van der Waals surface area contributed by atoms with E-state index < -0.39 is 32.9 Å². The summed E-state index contributed by atoms with van der Waals surface area (Å²) in [5, 5.41) is 23.6. The van der Waals surface area contributed by atoms with Gasteiger partial charge in [-0.05, 0) is 12.1 Å². The number of primary sulfonamides is 1. The summed E-state index contributed by atoms with van der Waals surface area (Å²) < 4.78 is 35.4. The molecule has 0 saturated carbocycles. The minimum Gasteiger partial charge on any atom is -0.389 e. The number of hydrogen-bond donors (Lipinski definition) is 3. The van der Waals surface area contributed by atoms with Crippen LogP contribution < -0.4 is 5.14 Å². The van der Waals surface area contributed by atoms with Crippen LogP contribution in [0.5, 0.6) is 0 Å². The monoisotopic (exact) mass is 283 g/mol. The molecule has 0 amide bonds. The highest BCUT2D eigenvalue weighted by Crippen LogP contribution is 2.23. The molecule has 5 nitrogen and oxygen atoms in total. The molecular formula is C9H11ClFNO4S. The third-order valence-corrected chi connectivity index (χ3v) is 3.37. The SMILES string of the molecule is NS(=O)(=O)c1ccc(C(O)C(O)CCl)c(F)c1. The summed E-state index contributed by atoms with van der Waals surface area (Å²) in [7, 11) is -4.00. The molecule has 8 heteroatoms. The third kappa shape index (κ3) is 3.36. The highest BCUT2D eigenvalue weighted by atomic mass is 35.5. The number of nitrogens with two attached hydrogens (primary N) is 1. The van der Waals surface area contributed by atoms with Crippen molar-refractivity contribution in [2.75, 3.05) is 5.88 Å². The summed E-state index contributed by atoms with van der Waals surface area (Å²) in [5.74, 6) is -1.26. The van der Waals surface area contributed by atoms with Gasteiger partial charge in [-0.2, -0.15) is 0 Å². The number of aliphatic hydroxyl groups excluding tert-OH is 2. The Labute approximate surface area is 103 Å². The fourth-order valence-electron chi connectivity index (χ4n) is 1.22. The first kappa shape index (κ1) is 14.3. The van der Waals surface area contributed by atoms with E-state index in [1.165, 1.54) is 0 Å². The number of hydrogen-bond acceptors (Lipinski definition) is 4. The first-order valence-corrected chi connectivity index (χ1v) is 6.59. The van der Waals surface area contributed by atoms with Gasteiger partial charge in [0.2, 0.25) is 10.0 Å².